The highest BCUT2D eigenvalue weighted by atomic mass is 32.1. The first-order chi connectivity index (χ1) is 9.67. The van der Waals surface area contributed by atoms with E-state index in [2.05, 4.69) is 17.1 Å². The molecule has 0 unspecified atom stereocenters. The fraction of sp³-hybridized carbons (Fsp3) is 0.125. The van der Waals surface area contributed by atoms with Gasteiger partial charge in [0.15, 0.2) is 0 Å². The van der Waals surface area contributed by atoms with Crippen molar-refractivity contribution in [1.82, 2.24) is 4.98 Å². The highest BCUT2D eigenvalue weighted by Gasteiger charge is 2.08. The SMILES string of the molecule is COC(=O)c1ccc2ccc(-c3nc(C)cs3)cc2c1. The number of hydrogen-bond acceptors (Lipinski definition) is 4. The van der Waals surface area contributed by atoms with Gasteiger partial charge in [0, 0.05) is 16.6 Å². The molecule has 0 radical (unpaired) electrons. The molecule has 0 bridgehead atoms. The zero-order valence-electron chi connectivity index (χ0n) is 11.2. The van der Waals surface area contributed by atoms with Crippen molar-refractivity contribution in [3.05, 3.63) is 53.0 Å². The van der Waals surface area contributed by atoms with Crippen molar-refractivity contribution in [2.75, 3.05) is 7.11 Å². The van der Waals surface area contributed by atoms with Crippen molar-refractivity contribution in [2.24, 2.45) is 0 Å². The molecule has 0 aliphatic rings. The van der Waals surface area contributed by atoms with Gasteiger partial charge in [-0.25, -0.2) is 9.78 Å². The number of carbonyl (C=O) groups excluding carboxylic acids is 1. The first kappa shape index (κ1) is 12.8. The van der Waals surface area contributed by atoms with Gasteiger partial charge in [-0.1, -0.05) is 18.2 Å². The lowest BCUT2D eigenvalue weighted by atomic mass is 10.0. The molecule has 0 N–H and O–H groups in total. The van der Waals surface area contributed by atoms with E-state index in [0.717, 1.165) is 27.0 Å². The zero-order valence-corrected chi connectivity index (χ0v) is 12.0. The second-order valence-electron chi connectivity index (χ2n) is 4.56. The van der Waals surface area contributed by atoms with Crippen LogP contribution in [0, 0.1) is 6.92 Å². The van der Waals surface area contributed by atoms with Crippen LogP contribution in [0.25, 0.3) is 21.3 Å². The number of fused-ring (bicyclic) bond motifs is 1. The van der Waals surface area contributed by atoms with Crippen LogP contribution in [0.3, 0.4) is 0 Å². The number of methoxy groups -OCH3 is 1. The summed E-state index contributed by atoms with van der Waals surface area (Å²) in [4.78, 5) is 16.1. The molecule has 3 rings (SSSR count). The molecule has 0 saturated carbocycles. The molecule has 0 aliphatic heterocycles. The van der Waals surface area contributed by atoms with E-state index >= 15 is 0 Å². The lowest BCUT2D eigenvalue weighted by molar-refractivity contribution is 0.0601. The quantitative estimate of drug-likeness (QED) is 0.666. The fourth-order valence-electron chi connectivity index (χ4n) is 2.11. The highest BCUT2D eigenvalue weighted by molar-refractivity contribution is 7.13. The number of aromatic nitrogens is 1. The lowest BCUT2D eigenvalue weighted by Crippen LogP contribution is -2.00. The van der Waals surface area contributed by atoms with Crippen LogP contribution in [0.1, 0.15) is 16.1 Å². The van der Waals surface area contributed by atoms with Gasteiger partial charge in [-0.2, -0.15) is 0 Å². The van der Waals surface area contributed by atoms with E-state index in [4.69, 9.17) is 4.74 Å². The summed E-state index contributed by atoms with van der Waals surface area (Å²) >= 11 is 1.62. The second-order valence-corrected chi connectivity index (χ2v) is 5.42. The minimum Gasteiger partial charge on any atom is -0.465 e. The summed E-state index contributed by atoms with van der Waals surface area (Å²) in [5.74, 6) is -0.317. The number of nitrogens with zero attached hydrogens (tertiary/aromatic N) is 1. The maximum absolute atomic E-state index is 11.6. The molecular weight excluding hydrogens is 270 g/mol. The highest BCUT2D eigenvalue weighted by Crippen LogP contribution is 2.27. The number of benzene rings is 2. The van der Waals surface area contributed by atoms with E-state index in [1.165, 1.54) is 7.11 Å². The summed E-state index contributed by atoms with van der Waals surface area (Å²) in [6, 6.07) is 11.7. The normalized spacial score (nSPS) is 10.7. The van der Waals surface area contributed by atoms with E-state index in [9.17, 15) is 4.79 Å². The molecule has 0 amide bonds. The van der Waals surface area contributed by atoms with Gasteiger partial charge in [-0.15, -0.1) is 11.3 Å². The number of esters is 1. The molecule has 2 aromatic carbocycles. The summed E-state index contributed by atoms with van der Waals surface area (Å²) in [5.41, 5.74) is 2.65. The molecule has 1 heterocycles. The van der Waals surface area contributed by atoms with Gasteiger partial charge >= 0.3 is 5.97 Å². The number of hydrogen-bond donors (Lipinski definition) is 0. The van der Waals surface area contributed by atoms with Crippen LogP contribution in [0.15, 0.2) is 41.8 Å². The monoisotopic (exact) mass is 283 g/mol. The molecule has 4 heteroatoms. The lowest BCUT2D eigenvalue weighted by Gasteiger charge is -2.04. The number of thiazole rings is 1. The third-order valence-corrected chi connectivity index (χ3v) is 4.14. The molecule has 3 nitrogen and oxygen atoms in total. The van der Waals surface area contributed by atoms with E-state index in [0.29, 0.717) is 5.56 Å². The number of carbonyl (C=O) groups is 1. The van der Waals surface area contributed by atoms with Crippen LogP contribution in [0.5, 0.6) is 0 Å². The Morgan fingerprint density at radius 3 is 2.65 bits per heavy atom. The Morgan fingerprint density at radius 1 is 1.15 bits per heavy atom. The van der Waals surface area contributed by atoms with Crippen LogP contribution in [-0.2, 0) is 4.74 Å². The largest absolute Gasteiger partial charge is 0.465 e. The van der Waals surface area contributed by atoms with Crippen LogP contribution >= 0.6 is 11.3 Å². The molecule has 3 aromatic rings. The summed E-state index contributed by atoms with van der Waals surface area (Å²) in [5, 5.41) is 5.13. The predicted octanol–water partition coefficient (Wildman–Crippen LogP) is 4.06. The van der Waals surface area contributed by atoms with Crippen LogP contribution in [0.4, 0.5) is 0 Å². The average molecular weight is 283 g/mol. The maximum Gasteiger partial charge on any atom is 0.337 e. The van der Waals surface area contributed by atoms with Gasteiger partial charge in [-0.3, -0.25) is 0 Å². The first-order valence-corrected chi connectivity index (χ1v) is 7.10. The van der Waals surface area contributed by atoms with E-state index in [-0.39, 0.29) is 5.97 Å². The average Bonchev–Trinajstić information content (AvgIpc) is 2.92. The van der Waals surface area contributed by atoms with Gasteiger partial charge < -0.3 is 4.74 Å². The number of aryl methyl sites for hydroxylation is 1. The van der Waals surface area contributed by atoms with Crippen molar-refractivity contribution >= 4 is 28.1 Å². The molecule has 0 aliphatic carbocycles. The van der Waals surface area contributed by atoms with E-state index < -0.39 is 0 Å². The maximum atomic E-state index is 11.6. The van der Waals surface area contributed by atoms with Crippen LogP contribution in [0.2, 0.25) is 0 Å². The van der Waals surface area contributed by atoms with Crippen molar-refractivity contribution in [3.8, 4) is 10.6 Å². The standard InChI is InChI=1S/C16H13NO2S/c1-10-9-20-15(17-10)12-5-3-11-4-6-13(16(18)19-2)8-14(11)7-12/h3-9H,1-2H3. The van der Waals surface area contributed by atoms with Crippen molar-refractivity contribution < 1.29 is 9.53 Å². The predicted molar refractivity (Wildman–Crippen MR) is 81.1 cm³/mol. The third kappa shape index (κ3) is 2.30. The van der Waals surface area contributed by atoms with E-state index in [1.807, 2.05) is 30.5 Å². The molecule has 0 spiro atoms. The number of ether oxygens (including phenoxy) is 1. The van der Waals surface area contributed by atoms with Gasteiger partial charge in [-0.05, 0) is 35.9 Å². The van der Waals surface area contributed by atoms with Crippen molar-refractivity contribution in [1.29, 1.82) is 0 Å². The Morgan fingerprint density at radius 2 is 1.95 bits per heavy atom. The first-order valence-electron chi connectivity index (χ1n) is 6.22. The van der Waals surface area contributed by atoms with Crippen LogP contribution < -0.4 is 0 Å². The van der Waals surface area contributed by atoms with Gasteiger partial charge in [0.1, 0.15) is 5.01 Å². The molecule has 0 atom stereocenters. The molecule has 1 aromatic heterocycles. The van der Waals surface area contributed by atoms with Crippen molar-refractivity contribution in [3.63, 3.8) is 0 Å². The molecule has 0 saturated heterocycles. The smallest absolute Gasteiger partial charge is 0.337 e. The third-order valence-electron chi connectivity index (χ3n) is 3.13. The Hall–Kier alpha value is -2.20. The Kier molecular flexibility index (Phi) is 3.24. The summed E-state index contributed by atoms with van der Waals surface area (Å²) in [6.07, 6.45) is 0. The Labute approximate surface area is 120 Å². The van der Waals surface area contributed by atoms with Gasteiger partial charge in [0.2, 0.25) is 0 Å². The summed E-state index contributed by atoms with van der Waals surface area (Å²) in [6.45, 7) is 1.98. The molecule has 20 heavy (non-hydrogen) atoms. The van der Waals surface area contributed by atoms with Gasteiger partial charge in [0.05, 0.1) is 12.7 Å². The molecule has 0 fully saturated rings. The Balaban J connectivity index is 2.11. The molecule has 100 valence electrons. The zero-order chi connectivity index (χ0) is 14.1. The van der Waals surface area contributed by atoms with Gasteiger partial charge in [0.25, 0.3) is 0 Å². The fourth-order valence-corrected chi connectivity index (χ4v) is 2.91. The van der Waals surface area contributed by atoms with E-state index in [1.54, 1.807) is 17.4 Å². The minimum absolute atomic E-state index is 0.317. The second kappa shape index (κ2) is 5.06. The molecular formula is C16H13NO2S. The van der Waals surface area contributed by atoms with Crippen LogP contribution in [-0.4, -0.2) is 18.1 Å². The number of rotatable bonds is 2. The Bertz CT molecular complexity index is 792. The minimum atomic E-state index is -0.317. The summed E-state index contributed by atoms with van der Waals surface area (Å²) < 4.78 is 4.75. The topological polar surface area (TPSA) is 39.2 Å². The summed E-state index contributed by atoms with van der Waals surface area (Å²) in [7, 11) is 1.39. The van der Waals surface area contributed by atoms with Crippen molar-refractivity contribution in [2.45, 2.75) is 6.92 Å².